The lowest BCUT2D eigenvalue weighted by molar-refractivity contribution is -0.145. The lowest BCUT2D eigenvalue weighted by Crippen LogP contribution is -2.40. The minimum atomic E-state index is -0.405. The van der Waals surface area contributed by atoms with Crippen molar-refractivity contribution in [2.45, 2.75) is 38.7 Å². The highest BCUT2D eigenvalue weighted by molar-refractivity contribution is 6.04. The Morgan fingerprint density at radius 2 is 1.56 bits per heavy atom. The summed E-state index contributed by atoms with van der Waals surface area (Å²) >= 11 is 0. The second-order valence-electron chi connectivity index (χ2n) is 8.62. The summed E-state index contributed by atoms with van der Waals surface area (Å²) in [6, 6.07) is 21.0. The highest BCUT2D eigenvalue weighted by Crippen LogP contribution is 2.27. The van der Waals surface area contributed by atoms with Gasteiger partial charge in [-0.25, -0.2) is 0 Å². The third kappa shape index (κ3) is 5.47. The van der Waals surface area contributed by atoms with Gasteiger partial charge in [-0.05, 0) is 47.2 Å². The van der Waals surface area contributed by atoms with Crippen LogP contribution in [-0.2, 0) is 16.1 Å². The highest BCUT2D eigenvalue weighted by Gasteiger charge is 2.26. The molecule has 1 amide bonds. The first-order valence-corrected chi connectivity index (χ1v) is 11.4. The van der Waals surface area contributed by atoms with Crippen LogP contribution in [0.1, 0.15) is 48.0 Å². The second-order valence-corrected chi connectivity index (χ2v) is 8.62. The van der Waals surface area contributed by atoms with Crippen LogP contribution in [0.3, 0.4) is 0 Å². The van der Waals surface area contributed by atoms with Crippen molar-refractivity contribution in [1.82, 2.24) is 4.90 Å². The lowest BCUT2D eigenvalue weighted by atomic mass is 9.88. The van der Waals surface area contributed by atoms with E-state index < -0.39 is 5.97 Å². The van der Waals surface area contributed by atoms with E-state index in [9.17, 15) is 9.59 Å². The number of esters is 1. The van der Waals surface area contributed by atoms with E-state index in [2.05, 4.69) is 0 Å². The van der Waals surface area contributed by atoms with Crippen LogP contribution in [0.15, 0.2) is 66.7 Å². The van der Waals surface area contributed by atoms with Gasteiger partial charge in [-0.3, -0.25) is 9.59 Å². The van der Waals surface area contributed by atoms with Gasteiger partial charge < -0.3 is 15.4 Å². The number of nitrogen functional groups attached to an aromatic ring is 1. The number of hydrogen-bond donors (Lipinski definition) is 1. The van der Waals surface area contributed by atoms with Gasteiger partial charge >= 0.3 is 5.97 Å². The maximum atomic E-state index is 13.5. The molecule has 0 atom stereocenters. The molecule has 2 N–H and O–H groups in total. The molecular weight excluding hydrogens is 400 g/mol. The number of hydrogen-bond acceptors (Lipinski definition) is 4. The first-order valence-electron chi connectivity index (χ1n) is 11.4. The second kappa shape index (κ2) is 10.3. The van der Waals surface area contributed by atoms with Crippen LogP contribution in [0.5, 0.6) is 0 Å². The van der Waals surface area contributed by atoms with Gasteiger partial charge in [-0.2, -0.15) is 0 Å². The molecule has 0 aliphatic heterocycles. The average molecular weight is 431 g/mol. The zero-order chi connectivity index (χ0) is 22.3. The molecule has 166 valence electrons. The Morgan fingerprint density at radius 1 is 0.906 bits per heavy atom. The van der Waals surface area contributed by atoms with Crippen LogP contribution < -0.4 is 5.73 Å². The standard InChI is InChI=1S/C27H30N2O3/c28-25-16-23-14-8-7-13-22(23)15-24(25)27(31)29(17-20-9-3-1-4-10-20)18-26(30)32-19-21-11-5-2-6-12-21/h2,5-8,11-16,20H,1,3-4,9-10,17-19,28H2. The van der Waals surface area contributed by atoms with E-state index in [0.717, 1.165) is 29.2 Å². The lowest BCUT2D eigenvalue weighted by Gasteiger charge is -2.29. The van der Waals surface area contributed by atoms with Gasteiger partial charge in [-0.15, -0.1) is 0 Å². The van der Waals surface area contributed by atoms with Gasteiger partial charge in [-0.1, -0.05) is 73.9 Å². The van der Waals surface area contributed by atoms with Crippen LogP contribution in [0.2, 0.25) is 0 Å². The number of fused-ring (bicyclic) bond motifs is 1. The van der Waals surface area contributed by atoms with Gasteiger partial charge in [0.25, 0.3) is 5.91 Å². The van der Waals surface area contributed by atoms with Gasteiger partial charge in [0.2, 0.25) is 0 Å². The predicted molar refractivity (Wildman–Crippen MR) is 127 cm³/mol. The minimum Gasteiger partial charge on any atom is -0.459 e. The summed E-state index contributed by atoms with van der Waals surface area (Å²) in [7, 11) is 0. The van der Waals surface area contributed by atoms with Crippen molar-refractivity contribution in [1.29, 1.82) is 0 Å². The van der Waals surface area contributed by atoms with Crippen molar-refractivity contribution in [3.8, 4) is 0 Å². The van der Waals surface area contributed by atoms with Gasteiger partial charge in [0.15, 0.2) is 0 Å². The van der Waals surface area contributed by atoms with Crippen molar-refractivity contribution in [2.75, 3.05) is 18.8 Å². The van der Waals surface area contributed by atoms with Gasteiger partial charge in [0, 0.05) is 12.2 Å². The van der Waals surface area contributed by atoms with Crippen LogP contribution in [0.4, 0.5) is 5.69 Å². The number of amides is 1. The van der Waals surface area contributed by atoms with Crippen molar-refractivity contribution in [2.24, 2.45) is 5.92 Å². The van der Waals surface area contributed by atoms with E-state index in [1.165, 1.54) is 19.3 Å². The molecule has 32 heavy (non-hydrogen) atoms. The van der Waals surface area contributed by atoms with Crippen molar-refractivity contribution < 1.29 is 14.3 Å². The molecule has 4 rings (SSSR count). The van der Waals surface area contributed by atoms with Crippen LogP contribution >= 0.6 is 0 Å². The first kappa shape index (κ1) is 21.9. The number of nitrogens with zero attached hydrogens (tertiary/aromatic N) is 1. The fourth-order valence-electron chi connectivity index (χ4n) is 4.45. The molecule has 0 bridgehead atoms. The molecule has 0 unspecified atom stereocenters. The molecule has 3 aromatic rings. The molecule has 1 saturated carbocycles. The molecule has 0 saturated heterocycles. The van der Waals surface area contributed by atoms with E-state index in [4.69, 9.17) is 10.5 Å². The molecule has 5 nitrogen and oxygen atoms in total. The van der Waals surface area contributed by atoms with E-state index >= 15 is 0 Å². The molecule has 1 aliphatic carbocycles. The third-order valence-corrected chi connectivity index (χ3v) is 6.20. The molecular formula is C27H30N2O3. The summed E-state index contributed by atoms with van der Waals surface area (Å²) in [6.07, 6.45) is 5.74. The molecule has 0 aromatic heterocycles. The normalized spacial score (nSPS) is 14.2. The fraction of sp³-hybridized carbons (Fsp3) is 0.333. The molecule has 1 aliphatic rings. The Labute approximate surface area is 189 Å². The number of rotatable bonds is 7. The zero-order valence-electron chi connectivity index (χ0n) is 18.3. The van der Waals surface area contributed by atoms with Crippen molar-refractivity contribution >= 4 is 28.3 Å². The molecule has 5 heteroatoms. The Morgan fingerprint density at radius 3 is 2.28 bits per heavy atom. The van der Waals surface area contributed by atoms with Crippen LogP contribution in [0, 0.1) is 5.92 Å². The van der Waals surface area contributed by atoms with Crippen molar-refractivity contribution in [3.05, 3.63) is 77.9 Å². The van der Waals surface area contributed by atoms with E-state index in [1.807, 2.05) is 66.7 Å². The van der Waals surface area contributed by atoms with E-state index in [0.29, 0.717) is 23.7 Å². The Hall–Kier alpha value is -3.34. The largest absolute Gasteiger partial charge is 0.459 e. The van der Waals surface area contributed by atoms with Crippen LogP contribution in [0.25, 0.3) is 10.8 Å². The molecule has 3 aromatic carbocycles. The van der Waals surface area contributed by atoms with E-state index in [-0.39, 0.29) is 19.1 Å². The number of anilines is 1. The Balaban J connectivity index is 1.52. The number of ether oxygens (including phenoxy) is 1. The average Bonchev–Trinajstić information content (AvgIpc) is 2.83. The quantitative estimate of drug-likeness (QED) is 0.414. The maximum Gasteiger partial charge on any atom is 0.325 e. The number of carbonyl (C=O) groups excluding carboxylic acids is 2. The maximum absolute atomic E-state index is 13.5. The predicted octanol–water partition coefficient (Wildman–Crippen LogP) is 5.19. The minimum absolute atomic E-state index is 0.0750. The molecule has 0 heterocycles. The monoisotopic (exact) mass is 430 g/mol. The van der Waals surface area contributed by atoms with E-state index in [1.54, 1.807) is 4.90 Å². The highest BCUT2D eigenvalue weighted by atomic mass is 16.5. The topological polar surface area (TPSA) is 72.6 Å². The summed E-state index contributed by atoms with van der Waals surface area (Å²) in [4.78, 5) is 27.8. The van der Waals surface area contributed by atoms with Crippen molar-refractivity contribution in [3.63, 3.8) is 0 Å². The SMILES string of the molecule is Nc1cc2ccccc2cc1C(=O)N(CC(=O)OCc1ccccc1)CC1CCCCC1. The zero-order valence-corrected chi connectivity index (χ0v) is 18.3. The number of benzene rings is 3. The third-order valence-electron chi connectivity index (χ3n) is 6.20. The van der Waals surface area contributed by atoms with Crippen LogP contribution in [-0.4, -0.2) is 29.9 Å². The van der Waals surface area contributed by atoms with Gasteiger partial charge in [0.1, 0.15) is 13.2 Å². The summed E-state index contributed by atoms with van der Waals surface area (Å²) in [6.45, 7) is 0.670. The molecule has 1 fully saturated rings. The van der Waals surface area contributed by atoms with Gasteiger partial charge in [0.05, 0.1) is 5.56 Å². The summed E-state index contributed by atoms with van der Waals surface area (Å²) in [5.74, 6) is -0.218. The number of carbonyl (C=O) groups is 2. The summed E-state index contributed by atoms with van der Waals surface area (Å²) in [5, 5.41) is 1.94. The smallest absolute Gasteiger partial charge is 0.325 e. The first-order chi connectivity index (χ1) is 15.6. The summed E-state index contributed by atoms with van der Waals surface area (Å²) < 4.78 is 5.47. The summed E-state index contributed by atoms with van der Waals surface area (Å²) in [5.41, 5.74) is 8.05. The number of nitrogens with two attached hydrogens (primary N) is 1. The molecule has 0 radical (unpaired) electrons. The Bertz CT molecular complexity index is 1070. The Kier molecular flexibility index (Phi) is 7.05. The molecule has 0 spiro atoms. The fourth-order valence-corrected chi connectivity index (χ4v) is 4.45.